The Labute approximate surface area is 142 Å². The Morgan fingerprint density at radius 3 is 2.62 bits per heavy atom. The van der Waals surface area contributed by atoms with Gasteiger partial charge >= 0.3 is 11.9 Å². The van der Waals surface area contributed by atoms with Crippen LogP contribution in [0.3, 0.4) is 0 Å². The lowest BCUT2D eigenvalue weighted by molar-refractivity contribution is -0.158. The molecule has 130 valence electrons. The Balaban J connectivity index is 1.86. The van der Waals surface area contributed by atoms with Crippen LogP contribution >= 0.6 is 0 Å². The fourth-order valence-corrected chi connectivity index (χ4v) is 4.46. The molecule has 0 aliphatic carbocycles. The summed E-state index contributed by atoms with van der Waals surface area (Å²) in [5.74, 6) is -1.08. The molecule has 2 bridgehead atoms. The standard InChI is InChI=1S/C19H25NO4/c1-4-19-11-10-14(20(19)2)16(18(22)23-3)15(12-19)24-17(21)13-8-6-5-7-9-13/h5-9,14-16H,4,10-12H2,1-3H3. The molecule has 3 rings (SSSR count). The molecule has 24 heavy (non-hydrogen) atoms. The number of benzene rings is 1. The molecule has 2 heterocycles. The molecule has 2 aliphatic rings. The first kappa shape index (κ1) is 17.0. The quantitative estimate of drug-likeness (QED) is 0.794. The van der Waals surface area contributed by atoms with E-state index in [4.69, 9.17) is 9.47 Å². The summed E-state index contributed by atoms with van der Waals surface area (Å²) in [5.41, 5.74) is 0.523. The topological polar surface area (TPSA) is 55.8 Å². The van der Waals surface area contributed by atoms with Crippen molar-refractivity contribution in [2.24, 2.45) is 5.92 Å². The van der Waals surface area contributed by atoms with E-state index in [9.17, 15) is 9.59 Å². The number of hydrogen-bond donors (Lipinski definition) is 0. The van der Waals surface area contributed by atoms with E-state index in [2.05, 4.69) is 18.9 Å². The molecule has 5 nitrogen and oxygen atoms in total. The number of carbonyl (C=O) groups is 2. The van der Waals surface area contributed by atoms with Crippen LogP contribution in [-0.2, 0) is 14.3 Å². The van der Waals surface area contributed by atoms with E-state index in [0.29, 0.717) is 12.0 Å². The van der Waals surface area contributed by atoms with Crippen molar-refractivity contribution in [2.45, 2.75) is 50.3 Å². The average molecular weight is 331 g/mol. The fraction of sp³-hybridized carbons (Fsp3) is 0.579. The van der Waals surface area contributed by atoms with Crippen molar-refractivity contribution < 1.29 is 19.1 Å². The predicted octanol–water partition coefficient (Wildman–Crippen LogP) is 2.65. The van der Waals surface area contributed by atoms with Crippen LogP contribution in [0.25, 0.3) is 0 Å². The second kappa shape index (κ2) is 6.55. The van der Waals surface area contributed by atoms with Gasteiger partial charge in [0.1, 0.15) is 12.0 Å². The lowest BCUT2D eigenvalue weighted by Crippen LogP contribution is -2.59. The molecule has 4 atom stereocenters. The number of carbonyl (C=O) groups excluding carboxylic acids is 2. The van der Waals surface area contributed by atoms with Crippen molar-refractivity contribution in [3.8, 4) is 0 Å². The molecule has 2 aliphatic heterocycles. The highest BCUT2D eigenvalue weighted by Gasteiger charge is 2.57. The van der Waals surface area contributed by atoms with E-state index in [-0.39, 0.29) is 23.5 Å². The van der Waals surface area contributed by atoms with E-state index >= 15 is 0 Å². The van der Waals surface area contributed by atoms with Gasteiger partial charge in [0.05, 0.1) is 12.7 Å². The minimum absolute atomic E-state index is 0.0107. The van der Waals surface area contributed by atoms with Crippen LogP contribution in [0.15, 0.2) is 30.3 Å². The molecule has 1 aromatic rings. The monoisotopic (exact) mass is 331 g/mol. The first-order valence-corrected chi connectivity index (χ1v) is 8.59. The van der Waals surface area contributed by atoms with Gasteiger partial charge in [0, 0.05) is 18.0 Å². The van der Waals surface area contributed by atoms with Gasteiger partial charge in [0.15, 0.2) is 0 Å². The normalized spacial score (nSPS) is 32.4. The zero-order valence-corrected chi connectivity index (χ0v) is 14.5. The molecule has 0 aromatic heterocycles. The summed E-state index contributed by atoms with van der Waals surface area (Å²) in [6.45, 7) is 2.16. The second-order valence-electron chi connectivity index (χ2n) is 6.86. The minimum Gasteiger partial charge on any atom is -0.469 e. The largest absolute Gasteiger partial charge is 0.469 e. The Hall–Kier alpha value is -1.88. The summed E-state index contributed by atoms with van der Waals surface area (Å²) in [7, 11) is 3.47. The van der Waals surface area contributed by atoms with Gasteiger partial charge in [-0.15, -0.1) is 0 Å². The maximum Gasteiger partial charge on any atom is 0.338 e. The molecule has 2 fully saturated rings. The maximum atomic E-state index is 12.5. The first-order valence-electron chi connectivity index (χ1n) is 8.59. The number of methoxy groups -OCH3 is 1. The van der Waals surface area contributed by atoms with Crippen LogP contribution in [0.2, 0.25) is 0 Å². The van der Waals surface area contributed by atoms with E-state index < -0.39 is 12.0 Å². The van der Waals surface area contributed by atoms with Gasteiger partial charge < -0.3 is 9.47 Å². The number of esters is 2. The summed E-state index contributed by atoms with van der Waals surface area (Å²) in [5, 5.41) is 0. The minimum atomic E-state index is -0.436. The number of piperidine rings is 1. The van der Waals surface area contributed by atoms with Gasteiger partial charge in [-0.1, -0.05) is 25.1 Å². The summed E-state index contributed by atoms with van der Waals surface area (Å²) in [6.07, 6.45) is 3.18. The van der Waals surface area contributed by atoms with Gasteiger partial charge in [-0.25, -0.2) is 4.79 Å². The molecular formula is C19H25NO4. The van der Waals surface area contributed by atoms with Gasteiger partial charge in [0.25, 0.3) is 0 Å². The SMILES string of the molecule is CCC12CCC(C(C(=O)OC)C(OC(=O)c3ccccc3)C1)N2C. The number of hydrogen-bond acceptors (Lipinski definition) is 5. The van der Waals surface area contributed by atoms with E-state index in [1.54, 1.807) is 24.3 Å². The van der Waals surface area contributed by atoms with Crippen molar-refractivity contribution in [3.05, 3.63) is 35.9 Å². The molecule has 0 saturated carbocycles. The van der Waals surface area contributed by atoms with Crippen LogP contribution in [0.1, 0.15) is 43.0 Å². The zero-order chi connectivity index (χ0) is 17.3. The molecule has 5 heteroatoms. The molecule has 0 spiro atoms. The number of nitrogens with zero attached hydrogens (tertiary/aromatic N) is 1. The highest BCUT2D eigenvalue weighted by molar-refractivity contribution is 5.89. The summed E-state index contributed by atoms with van der Waals surface area (Å²) >= 11 is 0. The molecule has 0 amide bonds. The van der Waals surface area contributed by atoms with Crippen LogP contribution in [-0.4, -0.2) is 48.7 Å². The van der Waals surface area contributed by atoms with Crippen LogP contribution in [0, 0.1) is 5.92 Å². The smallest absolute Gasteiger partial charge is 0.338 e. The third-order valence-electron chi connectivity index (χ3n) is 5.95. The van der Waals surface area contributed by atoms with Crippen molar-refractivity contribution >= 4 is 11.9 Å². The Morgan fingerprint density at radius 1 is 1.29 bits per heavy atom. The maximum absolute atomic E-state index is 12.5. The molecule has 1 aromatic carbocycles. The molecule has 2 saturated heterocycles. The van der Waals surface area contributed by atoms with Crippen LogP contribution in [0.5, 0.6) is 0 Å². The van der Waals surface area contributed by atoms with E-state index in [1.165, 1.54) is 7.11 Å². The van der Waals surface area contributed by atoms with Gasteiger partial charge in [-0.3, -0.25) is 9.69 Å². The highest BCUT2D eigenvalue weighted by Crippen LogP contribution is 2.48. The summed E-state index contributed by atoms with van der Waals surface area (Å²) < 4.78 is 10.8. The molecular weight excluding hydrogens is 306 g/mol. The van der Waals surface area contributed by atoms with Crippen molar-refractivity contribution in [1.29, 1.82) is 0 Å². The first-order chi connectivity index (χ1) is 11.5. The average Bonchev–Trinajstić information content (AvgIpc) is 2.82. The van der Waals surface area contributed by atoms with Gasteiger partial charge in [-0.2, -0.15) is 0 Å². The van der Waals surface area contributed by atoms with E-state index in [1.807, 2.05) is 6.07 Å². The fourth-order valence-electron chi connectivity index (χ4n) is 4.46. The number of rotatable bonds is 4. The lowest BCUT2D eigenvalue weighted by atomic mass is 9.79. The Morgan fingerprint density at radius 2 is 2.00 bits per heavy atom. The van der Waals surface area contributed by atoms with Crippen LogP contribution in [0.4, 0.5) is 0 Å². The lowest BCUT2D eigenvalue weighted by Gasteiger charge is -2.48. The molecule has 0 N–H and O–H groups in total. The third-order valence-corrected chi connectivity index (χ3v) is 5.95. The van der Waals surface area contributed by atoms with Crippen molar-refractivity contribution in [3.63, 3.8) is 0 Å². The van der Waals surface area contributed by atoms with Gasteiger partial charge in [0.2, 0.25) is 0 Å². The molecule has 0 radical (unpaired) electrons. The predicted molar refractivity (Wildman–Crippen MR) is 89.6 cm³/mol. The van der Waals surface area contributed by atoms with Crippen molar-refractivity contribution in [1.82, 2.24) is 4.90 Å². The van der Waals surface area contributed by atoms with Crippen LogP contribution < -0.4 is 0 Å². The Kier molecular flexibility index (Phi) is 4.63. The third kappa shape index (κ3) is 2.71. The summed E-state index contributed by atoms with van der Waals surface area (Å²) in [4.78, 5) is 27.2. The van der Waals surface area contributed by atoms with Crippen molar-refractivity contribution in [2.75, 3.05) is 14.2 Å². The number of fused-ring (bicyclic) bond motifs is 2. The second-order valence-corrected chi connectivity index (χ2v) is 6.86. The van der Waals surface area contributed by atoms with Gasteiger partial charge in [-0.05, 0) is 38.4 Å². The zero-order valence-electron chi connectivity index (χ0n) is 14.5. The van der Waals surface area contributed by atoms with E-state index in [0.717, 1.165) is 19.3 Å². The Bertz CT molecular complexity index is 617. The highest BCUT2D eigenvalue weighted by atomic mass is 16.6. The number of ether oxygens (including phenoxy) is 2. The summed E-state index contributed by atoms with van der Waals surface area (Å²) in [6, 6.07) is 9.00. The molecule has 4 unspecified atom stereocenters.